The maximum atomic E-state index is 13.1. The fourth-order valence-corrected chi connectivity index (χ4v) is 10.0. The van der Waals surface area contributed by atoms with E-state index in [9.17, 15) is 86.2 Å². The molecule has 0 saturated carbocycles. The Morgan fingerprint density at radius 3 is 1.63 bits per heavy atom. The van der Waals surface area contributed by atoms with Gasteiger partial charge in [-0.2, -0.15) is 0 Å². The summed E-state index contributed by atoms with van der Waals surface area (Å²) >= 11 is 0. The van der Waals surface area contributed by atoms with Crippen LogP contribution >= 0.6 is 0 Å². The van der Waals surface area contributed by atoms with Gasteiger partial charge in [-0.15, -0.1) is 0 Å². The third kappa shape index (κ3) is 14.9. The van der Waals surface area contributed by atoms with Crippen LogP contribution in [0.1, 0.15) is 35.3 Å². The number of esters is 2. The van der Waals surface area contributed by atoms with Gasteiger partial charge in [-0.25, -0.2) is 9.59 Å². The summed E-state index contributed by atoms with van der Waals surface area (Å²) in [4.78, 5) is 25.4. The number of carbonyl (C=O) groups excluding carboxylic acids is 2. The molecule has 4 fully saturated rings. The van der Waals surface area contributed by atoms with Crippen molar-refractivity contribution in [3.05, 3.63) is 113 Å². The van der Waals surface area contributed by atoms with Crippen LogP contribution in [0.2, 0.25) is 0 Å². The zero-order valence-corrected chi connectivity index (χ0v) is 47.4. The summed E-state index contributed by atoms with van der Waals surface area (Å²) in [6.45, 7) is -0.627. The Morgan fingerprint density at radius 2 is 1.04 bits per heavy atom. The molecule has 4 saturated heterocycles. The van der Waals surface area contributed by atoms with Gasteiger partial charge in [-0.05, 0) is 72.7 Å². The van der Waals surface area contributed by atoms with Crippen molar-refractivity contribution in [2.45, 2.75) is 136 Å². The van der Waals surface area contributed by atoms with Gasteiger partial charge in [0, 0.05) is 29.8 Å². The SMILES string of the molecule is COc1cc(C2Oc3cc(O)cc(OC4OC(CO)C(O)C(O)C4O)c3C=C2OC2OC(COC3OC(C)C(OC(=O)C=Cc4ccc(OC5OC(COC(=O)C=Cc6ccc(O)cc6)C(O)C(O)C5O)cc4)C(O)C3O)C(O)C(O)C2O)cc(OC)c1O. The third-order valence-electron chi connectivity index (χ3n) is 15.1. The number of carbonyl (C=O) groups is 2. The van der Waals surface area contributed by atoms with Crippen LogP contribution in [0.4, 0.5) is 0 Å². The van der Waals surface area contributed by atoms with Gasteiger partial charge in [0.1, 0.15) is 127 Å². The first-order valence-corrected chi connectivity index (χ1v) is 27.6. The molecule has 0 radical (unpaired) electrons. The van der Waals surface area contributed by atoms with Crippen LogP contribution in [0.25, 0.3) is 18.2 Å². The molecule has 0 amide bonds. The van der Waals surface area contributed by atoms with Crippen molar-refractivity contribution in [3.8, 4) is 46.0 Å². The Hall–Kier alpha value is -7.44. The number of hydrogen-bond donors (Lipinski definition) is 15. The number of ether oxygens (including phenoxy) is 13. The van der Waals surface area contributed by atoms with Crippen LogP contribution in [0.5, 0.6) is 46.0 Å². The Bertz CT molecular complexity index is 3130. The molecule has 30 heteroatoms. The van der Waals surface area contributed by atoms with Gasteiger partial charge < -0.3 is 138 Å². The van der Waals surface area contributed by atoms with Gasteiger partial charge in [0.15, 0.2) is 30.0 Å². The molecule has 0 spiro atoms. The highest BCUT2D eigenvalue weighted by Crippen LogP contribution is 2.48. The molecular weight excluding hydrogens is 1190 g/mol. The van der Waals surface area contributed by atoms with Crippen molar-refractivity contribution in [1.29, 1.82) is 0 Å². The Morgan fingerprint density at radius 1 is 0.528 bits per heavy atom. The molecule has 4 aromatic rings. The molecule has 21 atom stereocenters. The van der Waals surface area contributed by atoms with Crippen molar-refractivity contribution in [3.63, 3.8) is 0 Å². The highest BCUT2D eigenvalue weighted by Gasteiger charge is 2.51. The minimum absolute atomic E-state index is 0.0306. The van der Waals surface area contributed by atoms with Crippen LogP contribution in [0.3, 0.4) is 0 Å². The van der Waals surface area contributed by atoms with Gasteiger partial charge in [0.2, 0.25) is 24.6 Å². The number of phenolic OH excluding ortho intramolecular Hbond substituents is 3. The van der Waals surface area contributed by atoms with Crippen LogP contribution in [0, 0.1) is 0 Å². The summed E-state index contributed by atoms with van der Waals surface area (Å²) in [5.74, 6) is -3.33. The van der Waals surface area contributed by atoms with E-state index >= 15 is 0 Å². The first-order valence-electron chi connectivity index (χ1n) is 27.6. The number of hydrogen-bond acceptors (Lipinski definition) is 30. The van der Waals surface area contributed by atoms with Gasteiger partial charge >= 0.3 is 11.9 Å². The molecule has 484 valence electrons. The molecule has 0 aromatic heterocycles. The number of aromatic hydroxyl groups is 3. The standard InChI is InChI=1S/C59H68O30/c1-24-54(89-41(64)15-9-26-6-12-30(13-7-26)82-57-50(73)47(70)44(67)38(87-57)22-79-40(63)14-8-25-4-10-28(61)11-5-25)49(72)53(76)56(81-24)80-23-39-45(68)48(71)52(75)59(88-39)85-36-20-31-32(83-55(36)27-16-34(77-2)42(65)35(17-27)78-3)18-29(62)19-33(31)84-58-51(74)46(69)43(66)37(21-60)86-58/h4-20,24,37-39,43-62,65-76H,21-23H2,1-3H3. The minimum atomic E-state index is -2.02. The van der Waals surface area contributed by atoms with Crippen molar-refractivity contribution < 1.29 is 148 Å². The molecule has 5 aliphatic heterocycles. The normalized spacial score (nSPS) is 33.7. The van der Waals surface area contributed by atoms with Gasteiger partial charge in [0.25, 0.3) is 0 Å². The Balaban J connectivity index is 0.817. The van der Waals surface area contributed by atoms with Gasteiger partial charge in [-0.3, -0.25) is 0 Å². The number of aliphatic hydroxyl groups excluding tert-OH is 12. The molecule has 30 nitrogen and oxygen atoms in total. The fraction of sp³-hybridized carbons (Fsp3) is 0.458. The Labute approximate surface area is 505 Å². The van der Waals surface area contributed by atoms with Crippen molar-refractivity contribution in [2.24, 2.45) is 0 Å². The van der Waals surface area contributed by atoms with Gasteiger partial charge in [-0.1, -0.05) is 24.3 Å². The summed E-state index contributed by atoms with van der Waals surface area (Å²) in [5.41, 5.74) is 1.13. The molecule has 0 bridgehead atoms. The van der Waals surface area contributed by atoms with E-state index < -0.39 is 172 Å². The second kappa shape index (κ2) is 28.6. The molecule has 5 heterocycles. The molecule has 9 rings (SSSR count). The lowest BCUT2D eigenvalue weighted by Gasteiger charge is -2.43. The second-order valence-corrected chi connectivity index (χ2v) is 21.1. The third-order valence-corrected chi connectivity index (χ3v) is 15.1. The Kier molecular flexibility index (Phi) is 21.2. The molecule has 21 unspecified atom stereocenters. The molecule has 0 aliphatic carbocycles. The highest BCUT2D eigenvalue weighted by molar-refractivity contribution is 5.87. The van der Waals surface area contributed by atoms with Crippen LogP contribution in [0.15, 0.2) is 90.7 Å². The lowest BCUT2D eigenvalue weighted by atomic mass is 9.97. The summed E-state index contributed by atoms with van der Waals surface area (Å²) in [5, 5.41) is 160. The molecule has 5 aliphatic rings. The first-order chi connectivity index (χ1) is 42.5. The molecule has 15 N–H and O–H groups in total. The number of benzene rings is 4. The summed E-state index contributed by atoms with van der Waals surface area (Å²) in [7, 11) is 2.52. The smallest absolute Gasteiger partial charge is 0.331 e. The number of fused-ring (bicyclic) bond motifs is 1. The van der Waals surface area contributed by atoms with E-state index in [0.717, 1.165) is 18.2 Å². The zero-order chi connectivity index (χ0) is 64.1. The predicted molar refractivity (Wildman–Crippen MR) is 296 cm³/mol. The zero-order valence-electron chi connectivity index (χ0n) is 47.4. The van der Waals surface area contributed by atoms with E-state index in [1.807, 2.05) is 0 Å². The minimum Gasteiger partial charge on any atom is -0.508 e. The first kappa shape index (κ1) is 66.0. The van der Waals surface area contributed by atoms with E-state index in [4.69, 9.17) is 61.6 Å². The number of aliphatic hydroxyl groups is 12. The van der Waals surface area contributed by atoms with Crippen LogP contribution < -0.4 is 23.7 Å². The topological polar surface area (TPSA) is 458 Å². The fourth-order valence-electron chi connectivity index (χ4n) is 10.0. The summed E-state index contributed by atoms with van der Waals surface area (Å²) < 4.78 is 74.3. The van der Waals surface area contributed by atoms with Crippen LogP contribution in [-0.2, 0) is 47.5 Å². The molecule has 4 aromatic carbocycles. The average molecular weight is 1260 g/mol. The second-order valence-electron chi connectivity index (χ2n) is 21.1. The van der Waals surface area contributed by atoms with E-state index in [2.05, 4.69) is 0 Å². The van der Waals surface area contributed by atoms with E-state index in [-0.39, 0.29) is 51.4 Å². The van der Waals surface area contributed by atoms with Crippen molar-refractivity contribution in [2.75, 3.05) is 34.0 Å². The molecular formula is C59H68O30. The van der Waals surface area contributed by atoms with Crippen LogP contribution in [-0.4, -0.2) is 245 Å². The average Bonchev–Trinajstić information content (AvgIpc) is 1.16. The number of rotatable bonds is 20. The van der Waals surface area contributed by atoms with Crippen molar-refractivity contribution in [1.82, 2.24) is 0 Å². The lowest BCUT2D eigenvalue weighted by molar-refractivity contribution is -0.325. The predicted octanol–water partition coefficient (Wildman–Crippen LogP) is -2.15. The van der Waals surface area contributed by atoms with Crippen molar-refractivity contribution >= 4 is 30.2 Å². The highest BCUT2D eigenvalue weighted by atomic mass is 16.7. The van der Waals surface area contributed by atoms with E-state index in [0.29, 0.717) is 11.1 Å². The van der Waals surface area contributed by atoms with E-state index in [1.165, 1.54) is 94.0 Å². The molecule has 89 heavy (non-hydrogen) atoms. The quantitative estimate of drug-likeness (QED) is 0.0331. The summed E-state index contributed by atoms with van der Waals surface area (Å²) in [6, 6.07) is 16.8. The number of phenols is 3. The monoisotopic (exact) mass is 1260 g/mol. The lowest BCUT2D eigenvalue weighted by Crippen LogP contribution is -2.61. The van der Waals surface area contributed by atoms with Gasteiger partial charge in [0.05, 0.1) is 39.1 Å². The number of methoxy groups -OCH3 is 2. The largest absolute Gasteiger partial charge is 0.508 e. The maximum Gasteiger partial charge on any atom is 0.331 e. The maximum absolute atomic E-state index is 13.1. The van der Waals surface area contributed by atoms with E-state index in [1.54, 1.807) is 12.1 Å². The summed E-state index contributed by atoms with van der Waals surface area (Å²) in [6.07, 6.45) is -29.3.